The van der Waals surface area contributed by atoms with Crippen LogP contribution in [0, 0.1) is 5.92 Å². The molecule has 0 heterocycles. The number of hydrogen-bond donors (Lipinski definition) is 2. The molecule has 1 atom stereocenters. The van der Waals surface area contributed by atoms with Crippen molar-refractivity contribution in [2.24, 2.45) is 5.92 Å². The lowest BCUT2D eigenvalue weighted by atomic mass is 10.0. The van der Waals surface area contributed by atoms with Gasteiger partial charge in [0.05, 0.1) is 0 Å². The van der Waals surface area contributed by atoms with E-state index >= 15 is 0 Å². The van der Waals surface area contributed by atoms with Crippen LogP contribution in [-0.4, -0.2) is 29.7 Å². The van der Waals surface area contributed by atoms with Gasteiger partial charge in [0.1, 0.15) is 11.6 Å². The van der Waals surface area contributed by atoms with Gasteiger partial charge in [0.25, 0.3) is 0 Å². The second-order valence-electron chi connectivity index (χ2n) is 6.49. The Hall–Kier alpha value is -1.26. The van der Waals surface area contributed by atoms with Gasteiger partial charge < -0.3 is 15.4 Å². The van der Waals surface area contributed by atoms with Crippen molar-refractivity contribution in [1.29, 1.82) is 0 Å². The van der Waals surface area contributed by atoms with E-state index in [2.05, 4.69) is 10.6 Å². The Morgan fingerprint density at radius 3 is 1.95 bits per heavy atom. The van der Waals surface area contributed by atoms with Crippen LogP contribution in [-0.2, 0) is 9.53 Å². The van der Waals surface area contributed by atoms with E-state index in [0.29, 0.717) is 12.3 Å². The third-order valence-corrected chi connectivity index (χ3v) is 2.15. The molecule has 112 valence electrons. The van der Waals surface area contributed by atoms with Gasteiger partial charge in [-0.3, -0.25) is 4.79 Å². The molecule has 5 heteroatoms. The SMILES string of the molecule is CC(C)C[C@@H](NC(=O)OC(C)(C)C)C(=O)NC(C)C. The molecular formula is C14H28N2O3. The highest BCUT2D eigenvalue weighted by molar-refractivity contribution is 5.85. The van der Waals surface area contributed by atoms with Crippen molar-refractivity contribution in [1.82, 2.24) is 10.6 Å². The predicted octanol–water partition coefficient (Wildman–Crippen LogP) is 2.45. The van der Waals surface area contributed by atoms with Crippen molar-refractivity contribution in [2.45, 2.75) is 72.6 Å². The van der Waals surface area contributed by atoms with Crippen LogP contribution in [0.3, 0.4) is 0 Å². The van der Waals surface area contributed by atoms with Crippen molar-refractivity contribution in [2.75, 3.05) is 0 Å². The quantitative estimate of drug-likeness (QED) is 0.808. The molecule has 0 aliphatic rings. The lowest BCUT2D eigenvalue weighted by molar-refractivity contribution is -0.124. The number of carbonyl (C=O) groups excluding carboxylic acids is 2. The molecule has 0 aliphatic carbocycles. The van der Waals surface area contributed by atoms with Crippen LogP contribution in [0.2, 0.25) is 0 Å². The predicted molar refractivity (Wildman–Crippen MR) is 75.9 cm³/mol. The largest absolute Gasteiger partial charge is 0.444 e. The van der Waals surface area contributed by atoms with E-state index in [1.165, 1.54) is 0 Å². The van der Waals surface area contributed by atoms with Gasteiger partial charge in [0.15, 0.2) is 0 Å². The fourth-order valence-electron chi connectivity index (χ4n) is 1.54. The van der Waals surface area contributed by atoms with E-state index < -0.39 is 17.7 Å². The fraction of sp³-hybridized carbons (Fsp3) is 0.857. The Labute approximate surface area is 116 Å². The average molecular weight is 272 g/mol. The normalized spacial score (nSPS) is 13.3. The summed E-state index contributed by atoms with van der Waals surface area (Å²) < 4.78 is 5.17. The molecule has 0 aromatic rings. The number of ether oxygens (including phenoxy) is 1. The van der Waals surface area contributed by atoms with Gasteiger partial charge in [-0.25, -0.2) is 4.79 Å². The number of nitrogens with one attached hydrogen (secondary N) is 2. The number of rotatable bonds is 5. The molecule has 0 fully saturated rings. The zero-order valence-corrected chi connectivity index (χ0v) is 13.2. The van der Waals surface area contributed by atoms with Crippen LogP contribution in [0.15, 0.2) is 0 Å². The molecule has 0 bridgehead atoms. The molecule has 2 amide bonds. The molecule has 0 unspecified atom stereocenters. The lowest BCUT2D eigenvalue weighted by Gasteiger charge is -2.24. The standard InChI is InChI=1S/C14H28N2O3/c1-9(2)8-11(12(17)15-10(3)4)16-13(18)19-14(5,6)7/h9-11H,8H2,1-7H3,(H,15,17)(H,16,18)/t11-/m1/s1. The van der Waals surface area contributed by atoms with E-state index in [-0.39, 0.29) is 11.9 Å². The second-order valence-corrected chi connectivity index (χ2v) is 6.49. The second kappa shape index (κ2) is 7.36. The van der Waals surface area contributed by atoms with Crippen molar-refractivity contribution in [3.8, 4) is 0 Å². The van der Waals surface area contributed by atoms with Gasteiger partial charge in [-0.1, -0.05) is 13.8 Å². The summed E-state index contributed by atoms with van der Waals surface area (Å²) in [4.78, 5) is 23.7. The van der Waals surface area contributed by atoms with Crippen LogP contribution in [0.5, 0.6) is 0 Å². The Morgan fingerprint density at radius 1 is 1.05 bits per heavy atom. The molecule has 0 saturated carbocycles. The van der Waals surface area contributed by atoms with Crippen LogP contribution in [0.4, 0.5) is 4.79 Å². The monoisotopic (exact) mass is 272 g/mol. The van der Waals surface area contributed by atoms with E-state index in [1.807, 2.05) is 27.7 Å². The molecule has 0 aliphatic heterocycles. The van der Waals surface area contributed by atoms with Gasteiger partial charge in [-0.2, -0.15) is 0 Å². The molecule has 5 nitrogen and oxygen atoms in total. The fourth-order valence-corrected chi connectivity index (χ4v) is 1.54. The molecular weight excluding hydrogens is 244 g/mol. The Bertz CT molecular complexity index is 306. The first kappa shape index (κ1) is 17.7. The number of amides is 2. The third kappa shape index (κ3) is 9.33. The van der Waals surface area contributed by atoms with Crippen LogP contribution in [0.1, 0.15) is 54.9 Å². The highest BCUT2D eigenvalue weighted by Gasteiger charge is 2.25. The first-order chi connectivity index (χ1) is 8.51. The highest BCUT2D eigenvalue weighted by Crippen LogP contribution is 2.09. The molecule has 0 rings (SSSR count). The summed E-state index contributed by atoms with van der Waals surface area (Å²) in [5, 5.41) is 5.44. The van der Waals surface area contributed by atoms with E-state index in [9.17, 15) is 9.59 Å². The summed E-state index contributed by atoms with van der Waals surface area (Å²) >= 11 is 0. The molecule has 0 aromatic carbocycles. The van der Waals surface area contributed by atoms with Gasteiger partial charge in [-0.15, -0.1) is 0 Å². The molecule has 0 saturated heterocycles. The summed E-state index contributed by atoms with van der Waals surface area (Å²) in [6, 6.07) is -0.514. The average Bonchev–Trinajstić information content (AvgIpc) is 2.11. The zero-order valence-electron chi connectivity index (χ0n) is 13.2. The summed E-state index contributed by atoms with van der Waals surface area (Å²) in [6.07, 6.45) is 0.0229. The Balaban J connectivity index is 4.59. The van der Waals surface area contributed by atoms with Crippen molar-refractivity contribution in [3.05, 3.63) is 0 Å². The zero-order chi connectivity index (χ0) is 15.2. The minimum atomic E-state index is -0.568. The van der Waals surface area contributed by atoms with Crippen LogP contribution >= 0.6 is 0 Å². The summed E-state index contributed by atoms with van der Waals surface area (Å²) in [5.41, 5.74) is -0.568. The van der Waals surface area contributed by atoms with Gasteiger partial charge in [-0.05, 0) is 47.0 Å². The van der Waals surface area contributed by atoms with Gasteiger partial charge in [0.2, 0.25) is 5.91 Å². The molecule has 2 N–H and O–H groups in total. The lowest BCUT2D eigenvalue weighted by Crippen LogP contribution is -2.50. The number of alkyl carbamates (subject to hydrolysis) is 1. The van der Waals surface area contributed by atoms with E-state index in [4.69, 9.17) is 4.74 Å². The maximum atomic E-state index is 12.0. The number of hydrogen-bond acceptors (Lipinski definition) is 3. The topological polar surface area (TPSA) is 67.4 Å². The minimum absolute atomic E-state index is 0.0441. The van der Waals surface area contributed by atoms with Crippen LogP contribution in [0.25, 0.3) is 0 Å². The minimum Gasteiger partial charge on any atom is -0.444 e. The summed E-state index contributed by atoms with van der Waals surface area (Å²) in [5.74, 6) is 0.132. The van der Waals surface area contributed by atoms with Crippen molar-refractivity contribution >= 4 is 12.0 Å². The summed E-state index contributed by atoms with van der Waals surface area (Å²) in [6.45, 7) is 13.2. The first-order valence-corrected chi connectivity index (χ1v) is 6.81. The smallest absolute Gasteiger partial charge is 0.408 e. The number of carbonyl (C=O) groups is 2. The maximum Gasteiger partial charge on any atom is 0.408 e. The Kier molecular flexibility index (Phi) is 6.87. The maximum absolute atomic E-state index is 12.0. The Morgan fingerprint density at radius 2 is 1.58 bits per heavy atom. The van der Waals surface area contributed by atoms with E-state index in [0.717, 1.165) is 0 Å². The molecule has 0 radical (unpaired) electrons. The molecule has 0 aromatic heterocycles. The van der Waals surface area contributed by atoms with Gasteiger partial charge in [0, 0.05) is 6.04 Å². The first-order valence-electron chi connectivity index (χ1n) is 6.81. The van der Waals surface area contributed by atoms with Crippen molar-refractivity contribution in [3.63, 3.8) is 0 Å². The summed E-state index contributed by atoms with van der Waals surface area (Å²) in [7, 11) is 0. The van der Waals surface area contributed by atoms with Crippen LogP contribution < -0.4 is 10.6 Å². The highest BCUT2D eigenvalue weighted by atomic mass is 16.6. The van der Waals surface area contributed by atoms with Gasteiger partial charge >= 0.3 is 6.09 Å². The third-order valence-electron chi connectivity index (χ3n) is 2.15. The molecule has 19 heavy (non-hydrogen) atoms. The van der Waals surface area contributed by atoms with E-state index in [1.54, 1.807) is 20.8 Å². The van der Waals surface area contributed by atoms with Crippen molar-refractivity contribution < 1.29 is 14.3 Å². The molecule has 0 spiro atoms.